The first-order chi connectivity index (χ1) is 12.9. The fourth-order valence-electron chi connectivity index (χ4n) is 3.02. The van der Waals surface area contributed by atoms with Crippen LogP contribution in [-0.4, -0.2) is 11.8 Å². The van der Waals surface area contributed by atoms with Gasteiger partial charge in [0, 0.05) is 15.8 Å². The molecule has 4 aromatic heterocycles. The summed E-state index contributed by atoms with van der Waals surface area (Å²) in [6.45, 7) is 2.23. The Balaban J connectivity index is 1.68. The average molecular weight is 386 g/mol. The lowest BCUT2D eigenvalue weighted by molar-refractivity contribution is 0.588. The van der Waals surface area contributed by atoms with E-state index < -0.39 is 15.8 Å². The summed E-state index contributed by atoms with van der Waals surface area (Å²) in [6.07, 6.45) is 8.92. The molecule has 0 aliphatic carbocycles. The third kappa shape index (κ3) is 3.58. The van der Waals surface area contributed by atoms with Crippen molar-refractivity contribution in [3.63, 3.8) is 0 Å². The molecular weight excluding hydrogens is 366 g/mol. The molecule has 0 aliphatic heterocycles. The topological polar surface area (TPSA) is 52.6 Å². The SMILES string of the molecule is CCC(CP(c1ccco1)c1ccco1)P(c1ccco1)c1ccco1. The first-order valence-electron chi connectivity index (χ1n) is 8.57. The molecule has 4 aromatic rings. The normalized spacial score (nSPS) is 12.9. The van der Waals surface area contributed by atoms with Crippen LogP contribution in [0.4, 0.5) is 0 Å². The zero-order valence-electron chi connectivity index (χ0n) is 14.4. The molecule has 1 atom stereocenters. The van der Waals surface area contributed by atoms with E-state index in [0.29, 0.717) is 5.66 Å². The molecule has 1 unspecified atom stereocenters. The monoisotopic (exact) mass is 386 g/mol. The largest absolute Gasteiger partial charge is 0.464 e. The lowest BCUT2D eigenvalue weighted by Crippen LogP contribution is -2.25. The Bertz CT molecular complexity index is 796. The second-order valence-electron chi connectivity index (χ2n) is 5.85. The summed E-state index contributed by atoms with van der Waals surface area (Å²) in [5.74, 6) is 0. The maximum absolute atomic E-state index is 5.79. The summed E-state index contributed by atoms with van der Waals surface area (Å²) in [5, 5.41) is 0. The molecule has 4 rings (SSSR count). The van der Waals surface area contributed by atoms with Crippen molar-refractivity contribution in [3.05, 3.63) is 73.6 Å². The minimum atomic E-state index is -0.725. The van der Waals surface area contributed by atoms with Gasteiger partial charge in [-0.3, -0.25) is 0 Å². The molecule has 26 heavy (non-hydrogen) atoms. The van der Waals surface area contributed by atoms with E-state index in [1.54, 1.807) is 25.1 Å². The molecule has 4 heterocycles. The quantitative estimate of drug-likeness (QED) is 0.421. The van der Waals surface area contributed by atoms with Crippen molar-refractivity contribution >= 4 is 37.8 Å². The van der Waals surface area contributed by atoms with Crippen molar-refractivity contribution in [2.75, 3.05) is 6.16 Å². The van der Waals surface area contributed by atoms with Crippen LogP contribution in [0, 0.1) is 0 Å². The van der Waals surface area contributed by atoms with Crippen molar-refractivity contribution in [1.82, 2.24) is 0 Å². The molecule has 0 fully saturated rings. The number of rotatable bonds is 8. The molecule has 0 saturated carbocycles. The number of hydrogen-bond acceptors (Lipinski definition) is 4. The van der Waals surface area contributed by atoms with Crippen molar-refractivity contribution in [3.8, 4) is 0 Å². The molecule has 0 bridgehead atoms. The minimum Gasteiger partial charge on any atom is -0.464 e. The van der Waals surface area contributed by atoms with Crippen LogP contribution in [0.2, 0.25) is 0 Å². The van der Waals surface area contributed by atoms with Gasteiger partial charge in [0.1, 0.15) is 22.0 Å². The van der Waals surface area contributed by atoms with Gasteiger partial charge >= 0.3 is 0 Å². The molecule has 0 radical (unpaired) electrons. The highest BCUT2D eigenvalue weighted by Gasteiger charge is 2.32. The average Bonchev–Trinajstić information content (AvgIpc) is 3.46. The first-order valence-corrected chi connectivity index (χ1v) is 11.5. The Hall–Kier alpha value is -2.02. The van der Waals surface area contributed by atoms with Gasteiger partial charge in [0.25, 0.3) is 0 Å². The van der Waals surface area contributed by atoms with E-state index in [-0.39, 0.29) is 0 Å². The molecular formula is C20H20O4P2. The molecule has 0 aromatic carbocycles. The van der Waals surface area contributed by atoms with Crippen LogP contribution in [0.1, 0.15) is 13.3 Å². The van der Waals surface area contributed by atoms with Crippen molar-refractivity contribution < 1.29 is 17.7 Å². The van der Waals surface area contributed by atoms with Crippen molar-refractivity contribution in [2.45, 2.75) is 19.0 Å². The van der Waals surface area contributed by atoms with E-state index in [2.05, 4.69) is 19.1 Å². The van der Waals surface area contributed by atoms with Gasteiger partial charge in [0.15, 0.2) is 0 Å². The molecule has 0 N–H and O–H groups in total. The summed E-state index contributed by atoms with van der Waals surface area (Å²) in [5.41, 5.74) is 4.36. The first kappa shape index (κ1) is 17.4. The summed E-state index contributed by atoms with van der Waals surface area (Å²) < 4.78 is 23.1. The Morgan fingerprint density at radius 3 is 1.46 bits per heavy atom. The molecule has 6 heteroatoms. The van der Waals surface area contributed by atoms with E-state index in [9.17, 15) is 0 Å². The van der Waals surface area contributed by atoms with E-state index in [1.807, 2.05) is 36.4 Å². The Morgan fingerprint density at radius 1 is 0.692 bits per heavy atom. The smallest absolute Gasteiger partial charge is 0.133 e. The van der Waals surface area contributed by atoms with Gasteiger partial charge in [-0.15, -0.1) is 0 Å². The van der Waals surface area contributed by atoms with Gasteiger partial charge < -0.3 is 17.7 Å². The summed E-state index contributed by atoms with van der Waals surface area (Å²) in [7, 11) is -1.43. The van der Waals surface area contributed by atoms with Crippen molar-refractivity contribution in [1.29, 1.82) is 0 Å². The van der Waals surface area contributed by atoms with Gasteiger partial charge in [-0.05, 0) is 66.8 Å². The fraction of sp³-hybridized carbons (Fsp3) is 0.200. The van der Waals surface area contributed by atoms with Crippen LogP contribution >= 0.6 is 15.8 Å². The summed E-state index contributed by atoms with van der Waals surface area (Å²) >= 11 is 0. The standard InChI is InChI=1S/C20H20O4P2/c1-2-16(26(19-9-5-13-23-19)20-10-6-14-24-20)15-25(17-7-3-11-21-17)18-8-4-12-22-18/h3-14,16H,2,15H2,1H3. The summed E-state index contributed by atoms with van der Waals surface area (Å²) in [4.78, 5) is 0. The van der Waals surface area contributed by atoms with E-state index in [0.717, 1.165) is 34.6 Å². The third-order valence-corrected chi connectivity index (χ3v) is 9.67. The molecule has 0 aliphatic rings. The Labute approximate surface area is 154 Å². The van der Waals surface area contributed by atoms with Gasteiger partial charge in [-0.25, -0.2) is 0 Å². The minimum absolute atomic E-state index is 0.392. The predicted molar refractivity (Wildman–Crippen MR) is 106 cm³/mol. The molecule has 134 valence electrons. The van der Waals surface area contributed by atoms with Crippen LogP contribution in [-0.2, 0) is 0 Å². The highest BCUT2D eigenvalue weighted by Crippen LogP contribution is 2.48. The molecule has 0 amide bonds. The lowest BCUT2D eigenvalue weighted by atomic mass is 10.4. The lowest BCUT2D eigenvalue weighted by Gasteiger charge is -2.26. The van der Waals surface area contributed by atoms with Crippen molar-refractivity contribution in [2.24, 2.45) is 0 Å². The van der Waals surface area contributed by atoms with Gasteiger partial charge in [0.05, 0.1) is 25.1 Å². The molecule has 0 spiro atoms. The third-order valence-electron chi connectivity index (χ3n) is 4.26. The predicted octanol–water partition coefficient (Wildman–Crippen LogP) is 4.40. The van der Waals surface area contributed by atoms with Crippen LogP contribution in [0.25, 0.3) is 0 Å². The van der Waals surface area contributed by atoms with Crippen LogP contribution in [0.5, 0.6) is 0 Å². The highest BCUT2D eigenvalue weighted by atomic mass is 31.1. The highest BCUT2D eigenvalue weighted by molar-refractivity contribution is 7.76. The van der Waals surface area contributed by atoms with E-state index in [4.69, 9.17) is 17.7 Å². The number of furan rings is 4. The van der Waals surface area contributed by atoms with E-state index >= 15 is 0 Å². The molecule has 0 saturated heterocycles. The van der Waals surface area contributed by atoms with Gasteiger partial charge in [-0.1, -0.05) is 6.92 Å². The molecule has 4 nitrogen and oxygen atoms in total. The maximum atomic E-state index is 5.79. The zero-order chi connectivity index (χ0) is 17.8. The van der Waals surface area contributed by atoms with Gasteiger partial charge in [0.2, 0.25) is 0 Å². The fourth-order valence-corrected chi connectivity index (χ4v) is 8.47. The van der Waals surface area contributed by atoms with Gasteiger partial charge in [-0.2, -0.15) is 0 Å². The Kier molecular flexibility index (Phi) is 5.43. The maximum Gasteiger partial charge on any atom is 0.133 e. The second-order valence-corrected chi connectivity index (χ2v) is 10.3. The Morgan fingerprint density at radius 2 is 1.12 bits per heavy atom. The number of hydrogen-bond donors (Lipinski definition) is 0. The zero-order valence-corrected chi connectivity index (χ0v) is 16.2. The van der Waals surface area contributed by atoms with E-state index in [1.165, 1.54) is 0 Å². The summed E-state index contributed by atoms with van der Waals surface area (Å²) in [6, 6.07) is 16.0. The van der Waals surface area contributed by atoms with Crippen LogP contribution in [0.3, 0.4) is 0 Å². The van der Waals surface area contributed by atoms with Crippen LogP contribution < -0.4 is 22.0 Å². The second kappa shape index (κ2) is 8.12. The van der Waals surface area contributed by atoms with Crippen LogP contribution in [0.15, 0.2) is 91.3 Å².